The van der Waals surface area contributed by atoms with Crippen molar-refractivity contribution in [3.63, 3.8) is 0 Å². The summed E-state index contributed by atoms with van der Waals surface area (Å²) in [6.07, 6.45) is 5.70. The highest BCUT2D eigenvalue weighted by atomic mass is 15.2. The lowest BCUT2D eigenvalue weighted by Gasteiger charge is -2.42. The predicted octanol–water partition coefficient (Wildman–Crippen LogP) is 3.03. The third-order valence-corrected chi connectivity index (χ3v) is 4.62. The van der Waals surface area contributed by atoms with Crippen molar-refractivity contribution in [3.05, 3.63) is 17.1 Å². The Morgan fingerprint density at radius 2 is 1.67 bits per heavy atom. The van der Waals surface area contributed by atoms with Crippen molar-refractivity contribution >= 4 is 5.82 Å². The van der Waals surface area contributed by atoms with E-state index < -0.39 is 0 Å². The van der Waals surface area contributed by atoms with Crippen LogP contribution in [0.5, 0.6) is 0 Å². The molecule has 3 heteroatoms. The average molecular weight is 245 g/mol. The number of hydrogen-bond donors (Lipinski definition) is 0. The van der Waals surface area contributed by atoms with Crippen LogP contribution in [0.1, 0.15) is 42.8 Å². The van der Waals surface area contributed by atoms with Crippen molar-refractivity contribution in [1.82, 2.24) is 9.97 Å². The van der Waals surface area contributed by atoms with Crippen molar-refractivity contribution in [1.29, 1.82) is 0 Å². The van der Waals surface area contributed by atoms with E-state index in [4.69, 9.17) is 4.98 Å². The van der Waals surface area contributed by atoms with Crippen LogP contribution in [0.2, 0.25) is 0 Å². The van der Waals surface area contributed by atoms with E-state index >= 15 is 0 Å². The summed E-state index contributed by atoms with van der Waals surface area (Å²) in [6.45, 7) is 8.66. The minimum atomic E-state index is 0.896. The largest absolute Gasteiger partial charge is 0.356 e. The van der Waals surface area contributed by atoms with Gasteiger partial charge < -0.3 is 4.90 Å². The van der Waals surface area contributed by atoms with Crippen molar-refractivity contribution in [2.45, 2.75) is 46.5 Å². The zero-order valence-electron chi connectivity index (χ0n) is 11.7. The third kappa shape index (κ3) is 2.11. The minimum Gasteiger partial charge on any atom is -0.356 e. The standard InChI is InChI=1S/C15H23N3/c1-10-11(2)16-12(3)17-15(10)18-8-13-5-4-6-14(7-13)9-18/h13-14H,4-9H2,1-3H3. The maximum absolute atomic E-state index is 4.70. The van der Waals surface area contributed by atoms with E-state index in [0.717, 1.165) is 23.4 Å². The highest BCUT2D eigenvalue weighted by Gasteiger charge is 2.31. The quantitative estimate of drug-likeness (QED) is 0.761. The van der Waals surface area contributed by atoms with Crippen molar-refractivity contribution < 1.29 is 0 Å². The molecule has 2 unspecified atom stereocenters. The molecule has 0 aromatic carbocycles. The van der Waals surface area contributed by atoms with Gasteiger partial charge in [0.15, 0.2) is 0 Å². The first kappa shape index (κ1) is 11.9. The summed E-state index contributed by atoms with van der Waals surface area (Å²) in [4.78, 5) is 11.7. The molecule has 1 aliphatic heterocycles. The van der Waals surface area contributed by atoms with Gasteiger partial charge in [-0.3, -0.25) is 0 Å². The Morgan fingerprint density at radius 3 is 2.33 bits per heavy atom. The molecule has 1 aromatic rings. The van der Waals surface area contributed by atoms with Gasteiger partial charge in [0, 0.05) is 24.3 Å². The van der Waals surface area contributed by atoms with Crippen LogP contribution in [-0.4, -0.2) is 23.1 Å². The molecule has 98 valence electrons. The van der Waals surface area contributed by atoms with Gasteiger partial charge in [0.2, 0.25) is 0 Å². The number of piperidine rings is 1. The Kier molecular flexibility index (Phi) is 3.00. The van der Waals surface area contributed by atoms with E-state index in [1.54, 1.807) is 0 Å². The molecule has 2 heterocycles. The topological polar surface area (TPSA) is 29.0 Å². The lowest BCUT2D eigenvalue weighted by atomic mass is 9.78. The maximum Gasteiger partial charge on any atom is 0.135 e. The average Bonchev–Trinajstić information content (AvgIpc) is 2.33. The van der Waals surface area contributed by atoms with Crippen molar-refractivity contribution in [2.24, 2.45) is 11.8 Å². The molecule has 2 bridgehead atoms. The molecule has 2 atom stereocenters. The fraction of sp³-hybridized carbons (Fsp3) is 0.733. The summed E-state index contributed by atoms with van der Waals surface area (Å²) in [6, 6.07) is 0. The summed E-state index contributed by atoms with van der Waals surface area (Å²) in [5, 5.41) is 0. The molecule has 1 aliphatic carbocycles. The van der Waals surface area contributed by atoms with Crippen LogP contribution in [-0.2, 0) is 0 Å². The first-order chi connectivity index (χ1) is 8.63. The summed E-state index contributed by atoms with van der Waals surface area (Å²) in [5.41, 5.74) is 2.40. The summed E-state index contributed by atoms with van der Waals surface area (Å²) in [7, 11) is 0. The number of nitrogens with zero attached hydrogens (tertiary/aromatic N) is 3. The SMILES string of the molecule is Cc1nc(C)c(C)c(N2CC3CCCC(C3)C2)n1. The van der Waals surface area contributed by atoms with Gasteiger partial charge >= 0.3 is 0 Å². The second-order valence-corrected chi connectivity index (χ2v) is 6.11. The molecule has 2 fully saturated rings. The van der Waals surface area contributed by atoms with E-state index in [0.29, 0.717) is 0 Å². The zero-order chi connectivity index (χ0) is 12.7. The monoisotopic (exact) mass is 245 g/mol. The van der Waals surface area contributed by atoms with Crippen LogP contribution in [0.3, 0.4) is 0 Å². The number of aryl methyl sites for hydroxylation is 2. The Balaban J connectivity index is 1.90. The smallest absolute Gasteiger partial charge is 0.135 e. The van der Waals surface area contributed by atoms with Gasteiger partial charge in [0.1, 0.15) is 11.6 Å². The summed E-state index contributed by atoms with van der Waals surface area (Å²) in [5.74, 6) is 3.89. The van der Waals surface area contributed by atoms with E-state index in [2.05, 4.69) is 23.7 Å². The Hall–Kier alpha value is -1.12. The van der Waals surface area contributed by atoms with Gasteiger partial charge in [-0.25, -0.2) is 9.97 Å². The fourth-order valence-electron chi connectivity index (χ4n) is 3.66. The van der Waals surface area contributed by atoms with Gasteiger partial charge in [0.05, 0.1) is 0 Å². The number of fused-ring (bicyclic) bond motifs is 2. The first-order valence-corrected chi connectivity index (χ1v) is 7.20. The second-order valence-electron chi connectivity index (χ2n) is 6.11. The molecule has 0 N–H and O–H groups in total. The van der Waals surface area contributed by atoms with Gasteiger partial charge in [-0.1, -0.05) is 6.42 Å². The molecule has 0 radical (unpaired) electrons. The van der Waals surface area contributed by atoms with Crippen LogP contribution in [0.4, 0.5) is 5.82 Å². The normalized spacial score (nSPS) is 27.4. The van der Waals surface area contributed by atoms with Gasteiger partial charge in [-0.15, -0.1) is 0 Å². The summed E-state index contributed by atoms with van der Waals surface area (Å²) < 4.78 is 0. The minimum absolute atomic E-state index is 0.896. The van der Waals surface area contributed by atoms with Crippen LogP contribution >= 0.6 is 0 Å². The maximum atomic E-state index is 4.70. The van der Waals surface area contributed by atoms with Crippen molar-refractivity contribution in [2.75, 3.05) is 18.0 Å². The van der Waals surface area contributed by atoms with Crippen LogP contribution in [0.15, 0.2) is 0 Å². The number of rotatable bonds is 1. The van der Waals surface area contributed by atoms with Gasteiger partial charge in [-0.2, -0.15) is 0 Å². The number of hydrogen-bond acceptors (Lipinski definition) is 3. The third-order valence-electron chi connectivity index (χ3n) is 4.62. The molecule has 1 saturated heterocycles. The molecule has 2 aliphatic rings. The van der Waals surface area contributed by atoms with Crippen LogP contribution in [0.25, 0.3) is 0 Å². The van der Waals surface area contributed by atoms with E-state index in [-0.39, 0.29) is 0 Å². The molecular weight excluding hydrogens is 222 g/mol. The fourth-order valence-corrected chi connectivity index (χ4v) is 3.66. The number of aromatic nitrogens is 2. The second kappa shape index (κ2) is 4.52. The molecule has 1 saturated carbocycles. The van der Waals surface area contributed by atoms with E-state index in [1.165, 1.54) is 50.2 Å². The van der Waals surface area contributed by atoms with Crippen LogP contribution < -0.4 is 4.90 Å². The molecule has 0 amide bonds. The first-order valence-electron chi connectivity index (χ1n) is 7.20. The zero-order valence-corrected chi connectivity index (χ0v) is 11.7. The predicted molar refractivity (Wildman–Crippen MR) is 73.9 cm³/mol. The van der Waals surface area contributed by atoms with E-state index in [9.17, 15) is 0 Å². The molecule has 18 heavy (non-hydrogen) atoms. The molecule has 0 spiro atoms. The number of anilines is 1. The molecular formula is C15H23N3. The Labute approximate surface area is 110 Å². The molecule has 3 nitrogen and oxygen atoms in total. The van der Waals surface area contributed by atoms with Gasteiger partial charge in [0.25, 0.3) is 0 Å². The molecule has 3 rings (SSSR count). The van der Waals surface area contributed by atoms with Gasteiger partial charge in [-0.05, 0) is 51.9 Å². The lowest BCUT2D eigenvalue weighted by molar-refractivity contribution is 0.230. The summed E-state index contributed by atoms with van der Waals surface area (Å²) >= 11 is 0. The lowest BCUT2D eigenvalue weighted by Crippen LogP contribution is -2.43. The Morgan fingerprint density at radius 1 is 1.00 bits per heavy atom. The molecule has 1 aromatic heterocycles. The van der Waals surface area contributed by atoms with Crippen LogP contribution in [0, 0.1) is 32.6 Å². The highest BCUT2D eigenvalue weighted by molar-refractivity contribution is 5.48. The van der Waals surface area contributed by atoms with E-state index in [1.807, 2.05) is 6.92 Å². The Bertz CT molecular complexity index is 443. The highest BCUT2D eigenvalue weighted by Crippen LogP contribution is 2.36. The van der Waals surface area contributed by atoms with Crippen molar-refractivity contribution in [3.8, 4) is 0 Å².